The van der Waals surface area contributed by atoms with E-state index in [4.69, 9.17) is 0 Å². The lowest BCUT2D eigenvalue weighted by Crippen LogP contribution is -2.31. The molecule has 0 spiro atoms. The van der Waals surface area contributed by atoms with Crippen LogP contribution in [0.5, 0.6) is 0 Å². The van der Waals surface area contributed by atoms with Crippen molar-refractivity contribution < 1.29 is 17.6 Å². The number of aryl methyl sites for hydroxylation is 4. The van der Waals surface area contributed by atoms with Crippen LogP contribution < -0.4 is 4.72 Å². The van der Waals surface area contributed by atoms with Crippen molar-refractivity contribution >= 4 is 15.9 Å². The van der Waals surface area contributed by atoms with E-state index in [1.165, 1.54) is 16.8 Å². The van der Waals surface area contributed by atoms with Crippen molar-refractivity contribution in [3.63, 3.8) is 0 Å². The third-order valence-corrected chi connectivity index (χ3v) is 5.25. The molecule has 0 aliphatic rings. The van der Waals surface area contributed by atoms with Crippen LogP contribution in [0.1, 0.15) is 33.1 Å². The third kappa shape index (κ3) is 3.91. The molecule has 3 rings (SSSR count). The molecule has 0 aliphatic heterocycles. The number of amides is 1. The predicted octanol–water partition coefficient (Wildman–Crippen LogP) is 2.15. The van der Waals surface area contributed by atoms with E-state index in [9.17, 15) is 17.6 Å². The van der Waals surface area contributed by atoms with Crippen molar-refractivity contribution in [3.05, 3.63) is 64.5 Å². The van der Waals surface area contributed by atoms with E-state index >= 15 is 0 Å². The molecule has 1 amide bonds. The first kappa shape index (κ1) is 19.6. The van der Waals surface area contributed by atoms with E-state index in [1.54, 1.807) is 33.8 Å². The molecule has 1 N–H and O–H groups in total. The van der Waals surface area contributed by atoms with Gasteiger partial charge in [-0.1, -0.05) is 6.07 Å². The van der Waals surface area contributed by atoms with Gasteiger partial charge in [-0.05, 0) is 57.5 Å². The predicted molar refractivity (Wildman–Crippen MR) is 99.2 cm³/mol. The second kappa shape index (κ2) is 7.12. The summed E-state index contributed by atoms with van der Waals surface area (Å²) < 4.78 is 41.9. The van der Waals surface area contributed by atoms with Crippen LogP contribution in [0.25, 0.3) is 5.95 Å². The van der Waals surface area contributed by atoms with E-state index in [0.717, 1.165) is 23.5 Å². The SMILES string of the molecule is Cc1ccc(S(=O)(=O)NC(=O)c2cc(C)n(-c3nc(C)cc(C)n3)n2)c(F)c1. The highest BCUT2D eigenvalue weighted by atomic mass is 32.2. The second-order valence-corrected chi connectivity index (χ2v) is 8.05. The molecule has 0 saturated carbocycles. The summed E-state index contributed by atoms with van der Waals surface area (Å²) in [6, 6.07) is 6.82. The summed E-state index contributed by atoms with van der Waals surface area (Å²) in [4.78, 5) is 20.3. The topological polar surface area (TPSA) is 107 Å². The van der Waals surface area contributed by atoms with Gasteiger partial charge in [-0.25, -0.2) is 32.2 Å². The second-order valence-electron chi connectivity index (χ2n) is 6.40. The zero-order valence-electron chi connectivity index (χ0n) is 15.7. The molecule has 0 fully saturated rings. The molecule has 0 saturated heterocycles. The van der Waals surface area contributed by atoms with Gasteiger partial charge >= 0.3 is 0 Å². The zero-order chi connectivity index (χ0) is 20.6. The summed E-state index contributed by atoms with van der Waals surface area (Å²) in [6.45, 7) is 6.90. The Balaban J connectivity index is 1.91. The maximum atomic E-state index is 14.0. The number of hydrogen-bond acceptors (Lipinski definition) is 6. The van der Waals surface area contributed by atoms with E-state index in [1.807, 2.05) is 4.72 Å². The minimum Gasteiger partial charge on any atom is -0.266 e. The Morgan fingerprint density at radius 2 is 1.68 bits per heavy atom. The standard InChI is InChI=1S/C18H18FN5O3S/c1-10-5-6-16(14(19)7-10)28(26,27)23-17(25)15-9-13(4)24(22-15)18-20-11(2)8-12(3)21-18/h5-9H,1-4H3,(H,23,25). The van der Waals surface area contributed by atoms with Crippen LogP contribution in [0.2, 0.25) is 0 Å². The molecular weight excluding hydrogens is 385 g/mol. The highest BCUT2D eigenvalue weighted by Gasteiger charge is 2.24. The first-order valence-electron chi connectivity index (χ1n) is 8.29. The number of benzene rings is 1. The van der Waals surface area contributed by atoms with Crippen molar-refractivity contribution in [3.8, 4) is 5.95 Å². The maximum absolute atomic E-state index is 14.0. The summed E-state index contributed by atoms with van der Waals surface area (Å²) in [5.41, 5.74) is 2.39. The van der Waals surface area contributed by atoms with Crippen molar-refractivity contribution in [1.29, 1.82) is 0 Å². The van der Waals surface area contributed by atoms with Crippen LogP contribution in [0.3, 0.4) is 0 Å². The quantitative estimate of drug-likeness (QED) is 0.715. The van der Waals surface area contributed by atoms with Gasteiger partial charge in [-0.15, -0.1) is 0 Å². The summed E-state index contributed by atoms with van der Waals surface area (Å²) in [7, 11) is -4.39. The van der Waals surface area contributed by atoms with Gasteiger partial charge in [0.15, 0.2) is 5.69 Å². The Bertz CT molecular complexity index is 1170. The lowest BCUT2D eigenvalue weighted by Gasteiger charge is -2.07. The van der Waals surface area contributed by atoms with Crippen molar-refractivity contribution in [2.45, 2.75) is 32.6 Å². The van der Waals surface area contributed by atoms with Crippen molar-refractivity contribution in [1.82, 2.24) is 24.5 Å². The first-order chi connectivity index (χ1) is 13.1. The van der Waals surface area contributed by atoms with E-state index in [0.29, 0.717) is 11.3 Å². The smallest absolute Gasteiger partial charge is 0.266 e. The van der Waals surface area contributed by atoms with E-state index in [2.05, 4.69) is 15.1 Å². The van der Waals surface area contributed by atoms with Crippen molar-refractivity contribution in [2.75, 3.05) is 0 Å². The number of nitrogens with one attached hydrogen (secondary N) is 1. The number of hydrogen-bond donors (Lipinski definition) is 1. The van der Waals surface area contributed by atoms with Crippen LogP contribution >= 0.6 is 0 Å². The van der Waals surface area contributed by atoms with Gasteiger partial charge in [0.05, 0.1) is 0 Å². The van der Waals surface area contributed by atoms with Crippen LogP contribution in [-0.4, -0.2) is 34.1 Å². The Morgan fingerprint density at radius 3 is 2.29 bits per heavy atom. The number of halogens is 1. The molecule has 3 aromatic rings. The van der Waals surface area contributed by atoms with Crippen LogP contribution in [0, 0.1) is 33.5 Å². The summed E-state index contributed by atoms with van der Waals surface area (Å²) in [5, 5.41) is 4.10. The molecule has 0 unspecified atom stereocenters. The fourth-order valence-electron chi connectivity index (χ4n) is 2.64. The average Bonchev–Trinajstić information content (AvgIpc) is 2.95. The Morgan fingerprint density at radius 1 is 1.04 bits per heavy atom. The zero-order valence-corrected chi connectivity index (χ0v) is 16.5. The number of sulfonamides is 1. The van der Waals surface area contributed by atoms with E-state index < -0.39 is 26.6 Å². The Hall–Kier alpha value is -3.14. The summed E-state index contributed by atoms with van der Waals surface area (Å²) in [5.74, 6) is -1.65. The number of nitrogens with zero attached hydrogens (tertiary/aromatic N) is 4. The minimum atomic E-state index is -4.39. The van der Waals surface area contributed by atoms with Gasteiger partial charge in [0.2, 0.25) is 0 Å². The maximum Gasteiger partial charge on any atom is 0.285 e. The number of carbonyl (C=O) groups excluding carboxylic acids is 1. The summed E-state index contributed by atoms with van der Waals surface area (Å²) >= 11 is 0. The van der Waals surface area contributed by atoms with Crippen LogP contribution in [-0.2, 0) is 10.0 Å². The highest BCUT2D eigenvalue weighted by molar-refractivity contribution is 7.90. The Kier molecular flexibility index (Phi) is 4.99. The molecule has 28 heavy (non-hydrogen) atoms. The molecular formula is C18H18FN5O3S. The number of aromatic nitrogens is 4. The third-order valence-electron chi connectivity index (χ3n) is 3.88. The molecule has 8 nitrogen and oxygen atoms in total. The van der Waals surface area contributed by atoms with Gasteiger partial charge in [0.1, 0.15) is 10.7 Å². The molecule has 2 heterocycles. The fourth-order valence-corrected chi connectivity index (χ4v) is 3.66. The fraction of sp³-hybridized carbons (Fsp3) is 0.222. The van der Waals surface area contributed by atoms with Crippen LogP contribution in [0.4, 0.5) is 4.39 Å². The summed E-state index contributed by atoms with van der Waals surface area (Å²) in [6.07, 6.45) is 0. The average molecular weight is 403 g/mol. The van der Waals surface area contributed by atoms with Gasteiger partial charge in [-0.3, -0.25) is 4.79 Å². The lowest BCUT2D eigenvalue weighted by atomic mass is 10.2. The van der Waals surface area contributed by atoms with Gasteiger partial charge in [0, 0.05) is 17.1 Å². The monoisotopic (exact) mass is 403 g/mol. The normalized spacial score (nSPS) is 11.5. The minimum absolute atomic E-state index is 0.156. The van der Waals surface area contributed by atoms with E-state index in [-0.39, 0.29) is 11.6 Å². The Labute approximate surface area is 161 Å². The number of carbonyl (C=O) groups is 1. The molecule has 0 atom stereocenters. The largest absolute Gasteiger partial charge is 0.285 e. The lowest BCUT2D eigenvalue weighted by molar-refractivity contribution is 0.0976. The molecule has 0 bridgehead atoms. The number of rotatable bonds is 4. The van der Waals surface area contributed by atoms with Gasteiger partial charge in [0.25, 0.3) is 21.9 Å². The molecule has 0 radical (unpaired) electrons. The van der Waals surface area contributed by atoms with Crippen LogP contribution in [0.15, 0.2) is 35.2 Å². The van der Waals surface area contributed by atoms with Crippen molar-refractivity contribution in [2.24, 2.45) is 0 Å². The van der Waals surface area contributed by atoms with Gasteiger partial charge < -0.3 is 0 Å². The highest BCUT2D eigenvalue weighted by Crippen LogP contribution is 2.16. The molecule has 0 aliphatic carbocycles. The van der Waals surface area contributed by atoms with Gasteiger partial charge in [-0.2, -0.15) is 5.10 Å². The molecule has 2 aromatic heterocycles. The molecule has 1 aromatic carbocycles. The molecule has 10 heteroatoms. The first-order valence-corrected chi connectivity index (χ1v) is 9.78. The molecule has 146 valence electrons.